The molecule has 3 aromatic rings. The quantitative estimate of drug-likeness (QED) is 0.659. The molecule has 4 nitrogen and oxygen atoms in total. The minimum atomic E-state index is 0.823. The summed E-state index contributed by atoms with van der Waals surface area (Å²) in [4.78, 5) is 17.6. The van der Waals surface area contributed by atoms with Gasteiger partial charge in [0.25, 0.3) is 0 Å². The van der Waals surface area contributed by atoms with E-state index in [1.165, 1.54) is 51.9 Å². The largest absolute Gasteiger partial charge is 0.353 e. The first kappa shape index (κ1) is 17.8. The van der Waals surface area contributed by atoms with Crippen molar-refractivity contribution in [3.8, 4) is 0 Å². The van der Waals surface area contributed by atoms with Crippen LogP contribution in [0.5, 0.6) is 0 Å². The van der Waals surface area contributed by atoms with Crippen LogP contribution in [0.1, 0.15) is 34.7 Å². The normalized spacial score (nSPS) is 18.1. The highest BCUT2D eigenvalue weighted by molar-refractivity contribution is 7.19. The smallest absolute Gasteiger partial charge is 0.155 e. The van der Waals surface area contributed by atoms with E-state index in [9.17, 15) is 0 Å². The third-order valence-electron chi connectivity index (χ3n) is 5.84. The highest BCUT2D eigenvalue weighted by Gasteiger charge is 2.25. The predicted molar refractivity (Wildman–Crippen MR) is 119 cm³/mol. The number of hydrogen-bond acceptors (Lipinski definition) is 5. The van der Waals surface area contributed by atoms with Gasteiger partial charge in [0.2, 0.25) is 0 Å². The molecule has 0 saturated carbocycles. The topological polar surface area (TPSA) is 32.3 Å². The molecule has 0 atom stereocenters. The number of piperazine rings is 1. The first-order chi connectivity index (χ1) is 13.8. The number of rotatable bonds is 3. The van der Waals surface area contributed by atoms with Gasteiger partial charge in [0.1, 0.15) is 10.6 Å². The van der Waals surface area contributed by atoms with Crippen LogP contribution < -0.4 is 4.90 Å². The van der Waals surface area contributed by atoms with Crippen molar-refractivity contribution in [2.45, 2.75) is 25.7 Å². The average Bonchev–Trinajstić information content (AvgIpc) is 3.11. The van der Waals surface area contributed by atoms with E-state index in [2.05, 4.69) is 53.3 Å². The van der Waals surface area contributed by atoms with Gasteiger partial charge in [-0.2, -0.15) is 0 Å². The number of thiophene rings is 1. The second-order valence-electron chi connectivity index (χ2n) is 7.83. The molecule has 1 aliphatic heterocycles. The van der Waals surface area contributed by atoms with Crippen molar-refractivity contribution < 1.29 is 0 Å². The van der Waals surface area contributed by atoms with E-state index in [-0.39, 0.29) is 0 Å². The van der Waals surface area contributed by atoms with Crippen LogP contribution >= 0.6 is 11.3 Å². The Morgan fingerprint density at radius 2 is 1.71 bits per heavy atom. The van der Waals surface area contributed by atoms with Crippen molar-refractivity contribution >= 4 is 39.5 Å². The summed E-state index contributed by atoms with van der Waals surface area (Å²) in [5.74, 6) is 1.98. The zero-order valence-corrected chi connectivity index (χ0v) is 17.2. The SMILES string of the molecule is CN1CCN(c2nc(/C=C/c3ccccc3)nc3sc4c(c23)CCCC4)CC1. The molecule has 3 heterocycles. The molecule has 1 aromatic carbocycles. The van der Waals surface area contributed by atoms with E-state index in [4.69, 9.17) is 9.97 Å². The van der Waals surface area contributed by atoms with Crippen molar-refractivity contribution in [3.63, 3.8) is 0 Å². The van der Waals surface area contributed by atoms with Crippen LogP contribution in [0.3, 0.4) is 0 Å². The lowest BCUT2D eigenvalue weighted by molar-refractivity contribution is 0.312. The molecule has 1 saturated heterocycles. The maximum Gasteiger partial charge on any atom is 0.155 e. The van der Waals surface area contributed by atoms with Gasteiger partial charge in [0.05, 0.1) is 5.39 Å². The molecular formula is C23H26N4S. The van der Waals surface area contributed by atoms with Crippen molar-refractivity contribution in [1.29, 1.82) is 0 Å². The number of aryl methyl sites for hydroxylation is 2. The fraction of sp³-hybridized carbons (Fsp3) is 0.391. The standard InChI is InChI=1S/C23H26N4S/c1-26-13-15-27(16-14-26)22-21-18-9-5-6-10-19(18)28-23(21)25-20(24-22)12-11-17-7-3-2-4-8-17/h2-4,7-8,11-12H,5-6,9-10,13-16H2,1H3/b12-11+. The number of likely N-dealkylation sites (N-methyl/N-ethyl adjacent to an activating group) is 1. The van der Waals surface area contributed by atoms with E-state index in [0.29, 0.717) is 0 Å². The summed E-state index contributed by atoms with van der Waals surface area (Å²) in [6.45, 7) is 4.25. The summed E-state index contributed by atoms with van der Waals surface area (Å²) >= 11 is 1.89. The van der Waals surface area contributed by atoms with Crippen LogP contribution in [0, 0.1) is 0 Å². The monoisotopic (exact) mass is 390 g/mol. The molecule has 0 spiro atoms. The predicted octanol–water partition coefficient (Wildman–Crippen LogP) is 4.49. The molecule has 5 heteroatoms. The lowest BCUT2D eigenvalue weighted by atomic mass is 9.97. The molecule has 2 aromatic heterocycles. The third kappa shape index (κ3) is 3.45. The van der Waals surface area contributed by atoms with Crippen molar-refractivity contribution in [2.75, 3.05) is 38.1 Å². The molecule has 0 radical (unpaired) electrons. The van der Waals surface area contributed by atoms with Gasteiger partial charge in [-0.15, -0.1) is 11.3 Å². The summed E-state index contributed by atoms with van der Waals surface area (Å²) in [5.41, 5.74) is 2.71. The lowest BCUT2D eigenvalue weighted by Crippen LogP contribution is -2.45. The van der Waals surface area contributed by atoms with Crippen LogP contribution in [-0.2, 0) is 12.8 Å². The Bertz CT molecular complexity index is 1000. The minimum absolute atomic E-state index is 0.823. The summed E-state index contributed by atoms with van der Waals surface area (Å²) < 4.78 is 0. The van der Waals surface area contributed by atoms with Gasteiger partial charge < -0.3 is 9.80 Å². The number of nitrogens with zero attached hydrogens (tertiary/aromatic N) is 4. The Morgan fingerprint density at radius 3 is 2.54 bits per heavy atom. The van der Waals surface area contributed by atoms with Crippen molar-refractivity contribution in [2.24, 2.45) is 0 Å². The third-order valence-corrected chi connectivity index (χ3v) is 7.03. The minimum Gasteiger partial charge on any atom is -0.353 e. The molecule has 1 fully saturated rings. The fourth-order valence-corrected chi connectivity index (χ4v) is 5.47. The van der Waals surface area contributed by atoms with Gasteiger partial charge >= 0.3 is 0 Å². The molecule has 1 aliphatic carbocycles. The molecule has 0 bridgehead atoms. The zero-order valence-electron chi connectivity index (χ0n) is 16.4. The number of aromatic nitrogens is 2. The number of anilines is 1. The van der Waals surface area contributed by atoms with Gasteiger partial charge in [-0.3, -0.25) is 0 Å². The Kier molecular flexibility index (Phi) is 4.87. The molecule has 144 valence electrons. The second kappa shape index (κ2) is 7.64. The van der Waals surface area contributed by atoms with Crippen LogP contribution in [-0.4, -0.2) is 48.1 Å². The van der Waals surface area contributed by atoms with E-state index >= 15 is 0 Å². The molecule has 2 aliphatic rings. The molecule has 28 heavy (non-hydrogen) atoms. The van der Waals surface area contributed by atoms with Gasteiger partial charge in [0.15, 0.2) is 5.82 Å². The maximum atomic E-state index is 5.06. The van der Waals surface area contributed by atoms with Crippen LogP contribution in [0.25, 0.3) is 22.4 Å². The summed E-state index contributed by atoms with van der Waals surface area (Å²) in [6.07, 6.45) is 9.15. The van der Waals surface area contributed by atoms with Crippen LogP contribution in [0.2, 0.25) is 0 Å². The van der Waals surface area contributed by atoms with Crippen molar-refractivity contribution in [3.05, 3.63) is 52.2 Å². The molecule has 0 unspecified atom stereocenters. The summed E-state index contributed by atoms with van der Waals surface area (Å²) in [7, 11) is 2.20. The second-order valence-corrected chi connectivity index (χ2v) is 8.91. The Balaban J connectivity index is 1.59. The van der Waals surface area contributed by atoms with Gasteiger partial charge in [-0.1, -0.05) is 36.4 Å². The Hall–Kier alpha value is -2.24. The van der Waals surface area contributed by atoms with E-state index in [1.54, 1.807) is 0 Å². The first-order valence-corrected chi connectivity index (χ1v) is 11.1. The van der Waals surface area contributed by atoms with Crippen LogP contribution in [0.4, 0.5) is 5.82 Å². The van der Waals surface area contributed by atoms with Crippen LogP contribution in [0.15, 0.2) is 30.3 Å². The molecule has 5 rings (SSSR count). The molecular weight excluding hydrogens is 364 g/mol. The molecule has 0 N–H and O–H groups in total. The maximum absolute atomic E-state index is 5.06. The van der Waals surface area contributed by atoms with E-state index in [1.807, 2.05) is 17.4 Å². The number of hydrogen-bond donors (Lipinski definition) is 0. The summed E-state index contributed by atoms with van der Waals surface area (Å²) in [6, 6.07) is 10.4. The number of benzene rings is 1. The lowest BCUT2D eigenvalue weighted by Gasteiger charge is -2.33. The first-order valence-electron chi connectivity index (χ1n) is 10.3. The van der Waals surface area contributed by atoms with Crippen molar-refractivity contribution in [1.82, 2.24) is 14.9 Å². The van der Waals surface area contributed by atoms with E-state index in [0.717, 1.165) is 37.8 Å². The zero-order chi connectivity index (χ0) is 18.9. The van der Waals surface area contributed by atoms with Gasteiger partial charge in [-0.25, -0.2) is 9.97 Å². The van der Waals surface area contributed by atoms with E-state index < -0.39 is 0 Å². The van der Waals surface area contributed by atoms with Gasteiger partial charge in [-0.05, 0) is 49.9 Å². The molecule has 0 amide bonds. The average molecular weight is 391 g/mol. The fourth-order valence-electron chi connectivity index (χ4n) is 4.21. The summed E-state index contributed by atoms with van der Waals surface area (Å²) in [5, 5.41) is 1.33. The number of fused-ring (bicyclic) bond motifs is 3. The highest BCUT2D eigenvalue weighted by Crippen LogP contribution is 2.40. The Morgan fingerprint density at radius 1 is 0.929 bits per heavy atom. The van der Waals surface area contributed by atoms with Gasteiger partial charge in [0, 0.05) is 31.1 Å². The highest BCUT2D eigenvalue weighted by atomic mass is 32.1. The Labute approximate surface area is 170 Å².